The smallest absolute Gasteiger partial charge is 0.189 e. The van der Waals surface area contributed by atoms with Crippen molar-refractivity contribution in [1.29, 1.82) is 0 Å². The van der Waals surface area contributed by atoms with E-state index in [-0.39, 0.29) is 17.1 Å². The van der Waals surface area contributed by atoms with E-state index >= 15 is 0 Å². The summed E-state index contributed by atoms with van der Waals surface area (Å²) in [6, 6.07) is 3.39. The van der Waals surface area contributed by atoms with Crippen molar-refractivity contribution in [2.75, 3.05) is 0 Å². The zero-order chi connectivity index (χ0) is 17.0. The number of unbranched alkanes of at least 4 members (excludes halogenated alkanes) is 1. The predicted molar refractivity (Wildman–Crippen MR) is 96.1 cm³/mol. The van der Waals surface area contributed by atoms with Crippen LogP contribution in [0.15, 0.2) is 22.7 Å². The van der Waals surface area contributed by atoms with Gasteiger partial charge in [0.15, 0.2) is 5.78 Å². The van der Waals surface area contributed by atoms with Crippen LogP contribution in [0.5, 0.6) is 5.75 Å². The SMILES string of the molecule is CCCCc1nc(/C=C/C(=O)c2cc(C)cc(Br)c2O)c(Cl)[nH]1. The third-order valence-corrected chi connectivity index (χ3v) is 4.26. The number of rotatable bonds is 6. The minimum absolute atomic E-state index is 0.0676. The molecule has 1 aromatic carbocycles. The number of imidazole rings is 1. The molecule has 122 valence electrons. The highest BCUT2D eigenvalue weighted by Gasteiger charge is 2.13. The van der Waals surface area contributed by atoms with Crippen LogP contribution in [-0.4, -0.2) is 20.9 Å². The summed E-state index contributed by atoms with van der Waals surface area (Å²) in [7, 11) is 0. The molecule has 2 aromatic rings. The summed E-state index contributed by atoms with van der Waals surface area (Å²) in [4.78, 5) is 19.7. The average molecular weight is 398 g/mol. The first-order valence-electron chi connectivity index (χ1n) is 7.38. The third-order valence-electron chi connectivity index (χ3n) is 3.37. The molecule has 0 aliphatic heterocycles. The summed E-state index contributed by atoms with van der Waals surface area (Å²) in [6.45, 7) is 3.96. The number of aromatic amines is 1. The second kappa shape index (κ2) is 7.79. The van der Waals surface area contributed by atoms with Crippen LogP contribution in [-0.2, 0) is 6.42 Å². The highest BCUT2D eigenvalue weighted by molar-refractivity contribution is 9.10. The number of hydrogen-bond acceptors (Lipinski definition) is 3. The van der Waals surface area contributed by atoms with E-state index in [9.17, 15) is 9.90 Å². The Labute approximate surface area is 148 Å². The van der Waals surface area contributed by atoms with E-state index in [1.807, 2.05) is 6.92 Å². The Hall–Kier alpha value is -1.59. The summed E-state index contributed by atoms with van der Waals surface area (Å²) < 4.78 is 0.494. The number of carbonyl (C=O) groups excluding carboxylic acids is 1. The molecule has 0 aliphatic carbocycles. The van der Waals surface area contributed by atoms with Crippen molar-refractivity contribution in [2.24, 2.45) is 0 Å². The lowest BCUT2D eigenvalue weighted by atomic mass is 10.1. The van der Waals surface area contributed by atoms with Crippen LogP contribution in [0.1, 0.15) is 47.2 Å². The number of hydrogen-bond donors (Lipinski definition) is 2. The maximum atomic E-state index is 12.3. The number of aryl methyl sites for hydroxylation is 2. The van der Waals surface area contributed by atoms with Crippen molar-refractivity contribution < 1.29 is 9.90 Å². The number of H-pyrrole nitrogens is 1. The quantitative estimate of drug-likeness (QED) is 0.528. The Morgan fingerprint density at radius 2 is 2.22 bits per heavy atom. The summed E-state index contributed by atoms with van der Waals surface area (Å²) in [5.74, 6) is 0.438. The number of allylic oxidation sites excluding steroid dienone is 1. The molecule has 6 heteroatoms. The molecule has 0 spiro atoms. The minimum Gasteiger partial charge on any atom is -0.506 e. The topological polar surface area (TPSA) is 66.0 Å². The monoisotopic (exact) mass is 396 g/mol. The summed E-state index contributed by atoms with van der Waals surface area (Å²) in [6.07, 6.45) is 5.85. The molecular formula is C17H18BrClN2O2. The van der Waals surface area contributed by atoms with Gasteiger partial charge in [-0.3, -0.25) is 4.79 Å². The van der Waals surface area contributed by atoms with Crippen molar-refractivity contribution in [3.63, 3.8) is 0 Å². The third kappa shape index (κ3) is 4.45. The first-order chi connectivity index (χ1) is 10.9. The standard InChI is InChI=1S/C17H18BrClN2O2/c1-3-4-5-15-20-13(17(19)21-15)6-7-14(22)11-8-10(2)9-12(18)16(11)23/h6-9,23H,3-5H2,1-2H3,(H,20,21)/b7-6+. The van der Waals surface area contributed by atoms with Crippen LogP contribution in [0.25, 0.3) is 6.08 Å². The van der Waals surface area contributed by atoms with E-state index in [1.165, 1.54) is 6.08 Å². The molecule has 0 fully saturated rings. The number of carbonyl (C=O) groups is 1. The van der Waals surface area contributed by atoms with Crippen LogP contribution in [0, 0.1) is 6.92 Å². The van der Waals surface area contributed by atoms with Gasteiger partial charge in [0.25, 0.3) is 0 Å². The minimum atomic E-state index is -0.305. The summed E-state index contributed by atoms with van der Waals surface area (Å²) in [5, 5.41) is 10.4. The van der Waals surface area contributed by atoms with Crippen LogP contribution in [0.4, 0.5) is 0 Å². The normalized spacial score (nSPS) is 11.3. The van der Waals surface area contributed by atoms with Gasteiger partial charge < -0.3 is 10.1 Å². The average Bonchev–Trinajstić information content (AvgIpc) is 2.86. The van der Waals surface area contributed by atoms with Crippen LogP contribution < -0.4 is 0 Å². The molecule has 0 saturated carbocycles. The molecule has 0 saturated heterocycles. The number of aromatic hydroxyl groups is 1. The van der Waals surface area contributed by atoms with Gasteiger partial charge >= 0.3 is 0 Å². The number of nitrogens with one attached hydrogen (secondary N) is 1. The van der Waals surface area contributed by atoms with E-state index in [0.717, 1.165) is 30.7 Å². The second-order valence-corrected chi connectivity index (χ2v) is 6.56. The zero-order valence-electron chi connectivity index (χ0n) is 13.0. The van der Waals surface area contributed by atoms with Crippen molar-refractivity contribution in [3.8, 4) is 5.75 Å². The van der Waals surface area contributed by atoms with Crippen molar-refractivity contribution in [1.82, 2.24) is 9.97 Å². The van der Waals surface area contributed by atoms with Gasteiger partial charge in [-0.15, -0.1) is 0 Å². The maximum absolute atomic E-state index is 12.3. The highest BCUT2D eigenvalue weighted by Crippen LogP contribution is 2.30. The molecule has 1 aromatic heterocycles. The number of halogens is 2. The molecule has 0 radical (unpaired) electrons. The molecule has 1 heterocycles. The molecule has 0 amide bonds. The van der Waals surface area contributed by atoms with Gasteiger partial charge in [0.2, 0.25) is 0 Å². The number of aromatic nitrogens is 2. The molecule has 4 nitrogen and oxygen atoms in total. The number of ketones is 1. The molecule has 0 bridgehead atoms. The molecule has 0 atom stereocenters. The lowest BCUT2D eigenvalue weighted by Gasteiger charge is -2.04. The molecular weight excluding hydrogens is 380 g/mol. The molecule has 23 heavy (non-hydrogen) atoms. The molecule has 0 unspecified atom stereocenters. The van der Waals surface area contributed by atoms with Gasteiger partial charge in [-0.05, 0) is 59.1 Å². The number of benzene rings is 1. The maximum Gasteiger partial charge on any atom is 0.189 e. The second-order valence-electron chi connectivity index (χ2n) is 5.33. The van der Waals surface area contributed by atoms with Crippen LogP contribution in [0.2, 0.25) is 5.15 Å². The summed E-state index contributed by atoms with van der Waals surface area (Å²) in [5.41, 5.74) is 1.65. The fourth-order valence-corrected chi connectivity index (χ4v) is 2.94. The number of phenolic OH excluding ortho intramolecular Hbond substituents is 1. The van der Waals surface area contributed by atoms with E-state index in [1.54, 1.807) is 18.2 Å². The van der Waals surface area contributed by atoms with Gasteiger partial charge in [0.1, 0.15) is 22.4 Å². The fraction of sp³-hybridized carbons (Fsp3) is 0.294. The largest absolute Gasteiger partial charge is 0.506 e. The first kappa shape index (κ1) is 17.8. The first-order valence-corrected chi connectivity index (χ1v) is 8.55. The van der Waals surface area contributed by atoms with Gasteiger partial charge in [-0.2, -0.15) is 0 Å². The Kier molecular flexibility index (Phi) is 6.02. The van der Waals surface area contributed by atoms with Crippen LogP contribution in [0.3, 0.4) is 0 Å². The Morgan fingerprint density at radius 1 is 1.48 bits per heavy atom. The zero-order valence-corrected chi connectivity index (χ0v) is 15.3. The van der Waals surface area contributed by atoms with Gasteiger partial charge in [0, 0.05) is 6.42 Å². The molecule has 0 aliphatic rings. The lowest BCUT2D eigenvalue weighted by molar-refractivity contribution is 0.104. The van der Waals surface area contributed by atoms with Crippen LogP contribution >= 0.6 is 27.5 Å². The molecule has 2 N–H and O–H groups in total. The van der Waals surface area contributed by atoms with E-state index in [2.05, 4.69) is 32.8 Å². The highest BCUT2D eigenvalue weighted by atomic mass is 79.9. The predicted octanol–water partition coefficient (Wildman–Crippen LogP) is 5.08. The number of nitrogens with zero attached hydrogens (tertiary/aromatic N) is 1. The Balaban J connectivity index is 2.20. The van der Waals surface area contributed by atoms with Gasteiger partial charge in [-0.1, -0.05) is 24.9 Å². The van der Waals surface area contributed by atoms with E-state index in [0.29, 0.717) is 15.3 Å². The van der Waals surface area contributed by atoms with Crippen molar-refractivity contribution >= 4 is 39.4 Å². The Bertz CT molecular complexity index is 753. The van der Waals surface area contributed by atoms with Gasteiger partial charge in [0.05, 0.1) is 10.0 Å². The van der Waals surface area contributed by atoms with Crippen molar-refractivity contribution in [3.05, 3.63) is 50.5 Å². The van der Waals surface area contributed by atoms with Crippen molar-refractivity contribution in [2.45, 2.75) is 33.1 Å². The van der Waals surface area contributed by atoms with E-state index in [4.69, 9.17) is 11.6 Å². The van der Waals surface area contributed by atoms with Gasteiger partial charge in [-0.25, -0.2) is 4.98 Å². The number of phenols is 1. The fourth-order valence-electron chi connectivity index (χ4n) is 2.15. The molecule has 2 rings (SSSR count). The Morgan fingerprint density at radius 3 is 2.91 bits per heavy atom. The van der Waals surface area contributed by atoms with E-state index < -0.39 is 0 Å². The lowest BCUT2D eigenvalue weighted by Crippen LogP contribution is -1.96. The summed E-state index contributed by atoms with van der Waals surface area (Å²) >= 11 is 9.33.